The fraction of sp³-hybridized carbons (Fsp3) is 0.190. The Morgan fingerprint density at radius 3 is 2.56 bits per heavy atom. The first-order valence-corrected chi connectivity index (χ1v) is 8.91. The SMILES string of the molecule is CCOc1ccccc1Nc1nccc(C(=O)Nc2ccc(CC)cc2)n1. The molecule has 0 unspecified atom stereocenters. The number of rotatable bonds is 7. The van der Waals surface area contributed by atoms with Crippen molar-refractivity contribution in [2.24, 2.45) is 0 Å². The van der Waals surface area contributed by atoms with Crippen LogP contribution in [0, 0.1) is 0 Å². The van der Waals surface area contributed by atoms with Crippen molar-refractivity contribution in [3.05, 3.63) is 72.1 Å². The average molecular weight is 362 g/mol. The molecular formula is C21H22N4O2. The molecule has 1 aromatic heterocycles. The van der Waals surface area contributed by atoms with E-state index in [9.17, 15) is 4.79 Å². The molecule has 2 N–H and O–H groups in total. The molecule has 6 heteroatoms. The van der Waals surface area contributed by atoms with E-state index in [4.69, 9.17) is 4.74 Å². The van der Waals surface area contributed by atoms with Crippen molar-refractivity contribution < 1.29 is 9.53 Å². The Kier molecular flexibility index (Phi) is 5.99. The van der Waals surface area contributed by atoms with E-state index in [1.54, 1.807) is 12.3 Å². The van der Waals surface area contributed by atoms with E-state index in [1.807, 2.05) is 55.5 Å². The van der Waals surface area contributed by atoms with Crippen molar-refractivity contribution in [1.29, 1.82) is 0 Å². The molecule has 138 valence electrons. The first-order chi connectivity index (χ1) is 13.2. The van der Waals surface area contributed by atoms with Crippen LogP contribution < -0.4 is 15.4 Å². The van der Waals surface area contributed by atoms with Crippen LogP contribution in [-0.2, 0) is 6.42 Å². The van der Waals surface area contributed by atoms with Gasteiger partial charge < -0.3 is 15.4 Å². The molecule has 0 fully saturated rings. The van der Waals surface area contributed by atoms with Crippen LogP contribution in [0.4, 0.5) is 17.3 Å². The Morgan fingerprint density at radius 1 is 1.04 bits per heavy atom. The number of benzene rings is 2. The van der Waals surface area contributed by atoms with Gasteiger partial charge in [0.2, 0.25) is 5.95 Å². The molecule has 1 amide bonds. The molecule has 3 rings (SSSR count). The highest BCUT2D eigenvalue weighted by molar-refractivity contribution is 6.03. The summed E-state index contributed by atoms with van der Waals surface area (Å²) in [5.41, 5.74) is 2.97. The number of anilines is 3. The molecule has 0 aliphatic heterocycles. The topological polar surface area (TPSA) is 76.1 Å². The third kappa shape index (κ3) is 4.82. The summed E-state index contributed by atoms with van der Waals surface area (Å²) in [6, 6.07) is 16.9. The molecule has 0 bridgehead atoms. The van der Waals surface area contributed by atoms with Crippen LogP contribution in [0.2, 0.25) is 0 Å². The maximum absolute atomic E-state index is 12.5. The average Bonchev–Trinajstić information content (AvgIpc) is 2.70. The molecule has 0 radical (unpaired) electrons. The first-order valence-electron chi connectivity index (χ1n) is 8.91. The van der Waals surface area contributed by atoms with Crippen LogP contribution in [0.5, 0.6) is 5.75 Å². The van der Waals surface area contributed by atoms with E-state index in [0.717, 1.165) is 17.8 Å². The normalized spacial score (nSPS) is 10.3. The highest BCUT2D eigenvalue weighted by Gasteiger charge is 2.11. The number of ether oxygens (including phenoxy) is 1. The first kappa shape index (κ1) is 18.4. The Balaban J connectivity index is 1.74. The second-order valence-electron chi connectivity index (χ2n) is 5.82. The van der Waals surface area contributed by atoms with E-state index in [1.165, 1.54) is 5.56 Å². The Morgan fingerprint density at radius 2 is 1.81 bits per heavy atom. The molecule has 2 aromatic carbocycles. The number of carbonyl (C=O) groups excluding carboxylic acids is 1. The molecule has 0 saturated carbocycles. The lowest BCUT2D eigenvalue weighted by Crippen LogP contribution is -2.14. The minimum absolute atomic E-state index is 0.279. The number of aromatic nitrogens is 2. The summed E-state index contributed by atoms with van der Waals surface area (Å²) in [5.74, 6) is 0.744. The summed E-state index contributed by atoms with van der Waals surface area (Å²) >= 11 is 0. The van der Waals surface area contributed by atoms with Crippen LogP contribution >= 0.6 is 0 Å². The summed E-state index contributed by atoms with van der Waals surface area (Å²) in [7, 11) is 0. The summed E-state index contributed by atoms with van der Waals surface area (Å²) in [4.78, 5) is 21.0. The van der Waals surface area contributed by atoms with Crippen molar-refractivity contribution in [2.75, 3.05) is 17.2 Å². The second-order valence-corrected chi connectivity index (χ2v) is 5.82. The molecule has 3 aromatic rings. The van der Waals surface area contributed by atoms with Gasteiger partial charge in [0.25, 0.3) is 5.91 Å². The minimum atomic E-state index is -0.289. The Bertz CT molecular complexity index is 910. The zero-order chi connectivity index (χ0) is 19.1. The van der Waals surface area contributed by atoms with Gasteiger partial charge in [-0.1, -0.05) is 31.2 Å². The second kappa shape index (κ2) is 8.80. The van der Waals surface area contributed by atoms with E-state index >= 15 is 0 Å². The molecule has 0 aliphatic carbocycles. The fourth-order valence-electron chi connectivity index (χ4n) is 2.54. The smallest absolute Gasteiger partial charge is 0.274 e. The van der Waals surface area contributed by atoms with Gasteiger partial charge >= 0.3 is 0 Å². The van der Waals surface area contributed by atoms with E-state index in [0.29, 0.717) is 18.3 Å². The number of amides is 1. The van der Waals surface area contributed by atoms with Gasteiger partial charge in [-0.05, 0) is 49.2 Å². The van der Waals surface area contributed by atoms with Crippen LogP contribution in [0.15, 0.2) is 60.8 Å². The molecule has 27 heavy (non-hydrogen) atoms. The van der Waals surface area contributed by atoms with E-state index in [2.05, 4.69) is 27.5 Å². The van der Waals surface area contributed by atoms with Gasteiger partial charge in [0, 0.05) is 11.9 Å². The lowest BCUT2D eigenvalue weighted by molar-refractivity contribution is 0.102. The molecule has 0 atom stereocenters. The summed E-state index contributed by atoms with van der Waals surface area (Å²) in [6.45, 7) is 4.57. The van der Waals surface area contributed by atoms with Crippen LogP contribution in [0.1, 0.15) is 29.9 Å². The fourth-order valence-corrected chi connectivity index (χ4v) is 2.54. The molecular weight excluding hydrogens is 340 g/mol. The van der Waals surface area contributed by atoms with Gasteiger partial charge in [-0.3, -0.25) is 4.79 Å². The minimum Gasteiger partial charge on any atom is -0.492 e. The van der Waals surface area contributed by atoms with Gasteiger partial charge in [0.1, 0.15) is 11.4 Å². The molecule has 1 heterocycles. The maximum atomic E-state index is 12.5. The predicted molar refractivity (Wildman–Crippen MR) is 107 cm³/mol. The number of carbonyl (C=O) groups is 1. The Labute approximate surface area is 158 Å². The molecule has 0 aliphatic rings. The van der Waals surface area contributed by atoms with Crippen LogP contribution in [0.25, 0.3) is 0 Å². The van der Waals surface area contributed by atoms with Crippen molar-refractivity contribution in [2.45, 2.75) is 20.3 Å². The van der Waals surface area contributed by atoms with E-state index in [-0.39, 0.29) is 11.6 Å². The third-order valence-corrected chi connectivity index (χ3v) is 3.94. The number of aryl methyl sites for hydroxylation is 1. The van der Waals surface area contributed by atoms with Crippen LogP contribution in [-0.4, -0.2) is 22.5 Å². The van der Waals surface area contributed by atoms with Gasteiger partial charge in [0.15, 0.2) is 0 Å². The van der Waals surface area contributed by atoms with Crippen molar-refractivity contribution in [3.8, 4) is 5.75 Å². The molecule has 0 spiro atoms. The number of hydrogen-bond donors (Lipinski definition) is 2. The molecule has 6 nitrogen and oxygen atoms in total. The van der Waals surface area contributed by atoms with Gasteiger partial charge in [-0.15, -0.1) is 0 Å². The number of hydrogen-bond acceptors (Lipinski definition) is 5. The predicted octanol–water partition coefficient (Wildman–Crippen LogP) is 4.43. The highest BCUT2D eigenvalue weighted by atomic mass is 16.5. The van der Waals surface area contributed by atoms with Gasteiger partial charge in [0.05, 0.1) is 12.3 Å². The summed E-state index contributed by atoms with van der Waals surface area (Å²) < 4.78 is 5.59. The maximum Gasteiger partial charge on any atom is 0.274 e. The Hall–Kier alpha value is -3.41. The highest BCUT2D eigenvalue weighted by Crippen LogP contribution is 2.26. The summed E-state index contributed by atoms with van der Waals surface area (Å²) in [5, 5.41) is 5.95. The number of nitrogens with one attached hydrogen (secondary N) is 2. The lowest BCUT2D eigenvalue weighted by Gasteiger charge is -2.11. The summed E-state index contributed by atoms with van der Waals surface area (Å²) in [6.07, 6.45) is 2.51. The van der Waals surface area contributed by atoms with Gasteiger partial charge in [-0.2, -0.15) is 0 Å². The number of nitrogens with zero attached hydrogens (tertiary/aromatic N) is 2. The van der Waals surface area contributed by atoms with Crippen molar-refractivity contribution >= 4 is 23.2 Å². The lowest BCUT2D eigenvalue weighted by atomic mass is 10.1. The molecule has 0 saturated heterocycles. The number of para-hydroxylation sites is 2. The van der Waals surface area contributed by atoms with E-state index < -0.39 is 0 Å². The van der Waals surface area contributed by atoms with Crippen LogP contribution in [0.3, 0.4) is 0 Å². The third-order valence-electron chi connectivity index (χ3n) is 3.94. The quantitative estimate of drug-likeness (QED) is 0.650. The zero-order valence-corrected chi connectivity index (χ0v) is 15.4. The largest absolute Gasteiger partial charge is 0.492 e. The van der Waals surface area contributed by atoms with Crippen molar-refractivity contribution in [1.82, 2.24) is 9.97 Å². The standard InChI is InChI=1S/C21H22N4O2/c1-3-15-9-11-16(12-10-15)23-20(26)18-13-14-22-21(25-18)24-17-7-5-6-8-19(17)27-4-2/h5-14H,3-4H2,1-2H3,(H,23,26)(H,22,24,25). The van der Waals surface area contributed by atoms with Crippen molar-refractivity contribution in [3.63, 3.8) is 0 Å². The monoisotopic (exact) mass is 362 g/mol. The zero-order valence-electron chi connectivity index (χ0n) is 15.4. The van der Waals surface area contributed by atoms with Gasteiger partial charge in [-0.25, -0.2) is 9.97 Å².